The Hall–Kier alpha value is -2.14. The Morgan fingerprint density at radius 1 is 1.41 bits per heavy atom. The molecule has 1 saturated heterocycles. The fourth-order valence-corrected chi connectivity index (χ4v) is 2.93. The normalized spacial score (nSPS) is 20.7. The van der Waals surface area contributed by atoms with Crippen LogP contribution in [0.3, 0.4) is 0 Å². The molecule has 0 bridgehead atoms. The molecule has 0 radical (unpaired) electrons. The number of carboxylic acid groups (broad SMARTS) is 1. The molecule has 1 aliphatic rings. The second kappa shape index (κ2) is 6.32. The van der Waals surface area contributed by atoms with Crippen LogP contribution in [0.1, 0.15) is 31.7 Å². The lowest BCUT2D eigenvalue weighted by Gasteiger charge is -2.33. The molecule has 116 valence electrons. The van der Waals surface area contributed by atoms with E-state index in [9.17, 15) is 9.90 Å². The van der Waals surface area contributed by atoms with Gasteiger partial charge in [-0.2, -0.15) is 0 Å². The van der Waals surface area contributed by atoms with Crippen LogP contribution in [-0.4, -0.2) is 34.0 Å². The van der Waals surface area contributed by atoms with Gasteiger partial charge in [0.15, 0.2) is 5.76 Å². The number of hydrogen-bond acceptors (Lipinski definition) is 4. The molecule has 1 aromatic carbocycles. The first-order valence-corrected chi connectivity index (χ1v) is 7.63. The summed E-state index contributed by atoms with van der Waals surface area (Å²) in [6.45, 7) is 3.46. The van der Waals surface area contributed by atoms with E-state index in [-0.39, 0.29) is 12.0 Å². The molecule has 0 aliphatic carbocycles. The zero-order chi connectivity index (χ0) is 15.5. The van der Waals surface area contributed by atoms with E-state index in [0.717, 1.165) is 30.7 Å². The first-order chi connectivity index (χ1) is 10.6. The Balaban J connectivity index is 1.74. The summed E-state index contributed by atoms with van der Waals surface area (Å²) in [5, 5.41) is 9.20. The van der Waals surface area contributed by atoms with E-state index in [2.05, 4.69) is 9.88 Å². The average Bonchev–Trinajstić information content (AvgIpc) is 3.05. The van der Waals surface area contributed by atoms with Crippen LogP contribution in [0, 0.1) is 5.92 Å². The van der Waals surface area contributed by atoms with Crippen LogP contribution < -0.4 is 0 Å². The highest BCUT2D eigenvalue weighted by molar-refractivity contribution is 5.70. The Morgan fingerprint density at radius 3 is 2.91 bits per heavy atom. The van der Waals surface area contributed by atoms with E-state index < -0.39 is 5.97 Å². The minimum atomic E-state index is -0.714. The smallest absolute Gasteiger partial charge is 0.307 e. The molecule has 22 heavy (non-hydrogen) atoms. The monoisotopic (exact) mass is 300 g/mol. The quantitative estimate of drug-likeness (QED) is 0.939. The molecule has 1 aliphatic heterocycles. The lowest BCUT2D eigenvalue weighted by Crippen LogP contribution is -2.40. The van der Waals surface area contributed by atoms with Crippen molar-refractivity contribution in [3.63, 3.8) is 0 Å². The lowest BCUT2D eigenvalue weighted by atomic mass is 9.97. The van der Waals surface area contributed by atoms with Crippen molar-refractivity contribution >= 4 is 5.97 Å². The lowest BCUT2D eigenvalue weighted by molar-refractivity contribution is -0.144. The van der Waals surface area contributed by atoms with Gasteiger partial charge < -0.3 is 9.52 Å². The Bertz CT molecular complexity index is 638. The van der Waals surface area contributed by atoms with E-state index in [4.69, 9.17) is 4.42 Å². The van der Waals surface area contributed by atoms with Crippen LogP contribution in [0.25, 0.3) is 11.3 Å². The number of carbonyl (C=O) groups is 1. The summed E-state index contributed by atoms with van der Waals surface area (Å²) in [6, 6.07) is 9.83. The highest BCUT2D eigenvalue weighted by Gasteiger charge is 2.30. The van der Waals surface area contributed by atoms with E-state index in [0.29, 0.717) is 12.4 Å². The Morgan fingerprint density at radius 2 is 2.18 bits per heavy atom. The van der Waals surface area contributed by atoms with Crippen LogP contribution in [0.2, 0.25) is 0 Å². The minimum absolute atomic E-state index is 0.0142. The molecular weight excluding hydrogens is 280 g/mol. The standard InChI is InChI=1S/C17H20N2O3/c1-12(19-9-5-8-14(11-19)17(20)21)16-18-10-15(22-16)13-6-3-2-4-7-13/h2-4,6-7,10,12,14H,5,8-9,11H2,1H3,(H,20,21). The van der Waals surface area contributed by atoms with Crippen LogP contribution in [0.5, 0.6) is 0 Å². The second-order valence-electron chi connectivity index (χ2n) is 5.78. The molecule has 2 aromatic rings. The molecule has 2 atom stereocenters. The van der Waals surface area contributed by atoms with Gasteiger partial charge in [0.2, 0.25) is 5.89 Å². The number of aliphatic carboxylic acids is 1. The number of rotatable bonds is 4. The molecule has 1 aromatic heterocycles. The maximum atomic E-state index is 11.2. The number of oxazole rings is 1. The van der Waals surface area contributed by atoms with Crippen LogP contribution in [-0.2, 0) is 4.79 Å². The molecule has 2 heterocycles. The number of likely N-dealkylation sites (tertiary alicyclic amines) is 1. The molecule has 5 nitrogen and oxygen atoms in total. The Labute approximate surface area is 129 Å². The van der Waals surface area contributed by atoms with Gasteiger partial charge >= 0.3 is 5.97 Å². The number of hydrogen-bond donors (Lipinski definition) is 1. The van der Waals surface area contributed by atoms with Gasteiger partial charge in [-0.05, 0) is 26.3 Å². The van der Waals surface area contributed by atoms with Gasteiger partial charge in [-0.25, -0.2) is 4.98 Å². The summed E-state index contributed by atoms with van der Waals surface area (Å²) in [5.74, 6) is 0.383. The molecule has 5 heteroatoms. The largest absolute Gasteiger partial charge is 0.481 e. The molecule has 1 N–H and O–H groups in total. The third-order valence-corrected chi connectivity index (χ3v) is 4.29. The molecule has 2 unspecified atom stereocenters. The molecule has 0 spiro atoms. The van der Waals surface area contributed by atoms with Crippen molar-refractivity contribution in [3.8, 4) is 11.3 Å². The first-order valence-electron chi connectivity index (χ1n) is 7.63. The highest BCUT2D eigenvalue weighted by atomic mass is 16.4. The number of piperidine rings is 1. The zero-order valence-electron chi connectivity index (χ0n) is 12.6. The van der Waals surface area contributed by atoms with E-state index in [1.54, 1.807) is 6.20 Å². The van der Waals surface area contributed by atoms with Crippen LogP contribution >= 0.6 is 0 Å². The maximum absolute atomic E-state index is 11.2. The van der Waals surface area contributed by atoms with E-state index in [1.807, 2.05) is 37.3 Å². The molecular formula is C17H20N2O3. The summed E-state index contributed by atoms with van der Waals surface area (Å²) in [5.41, 5.74) is 0.996. The van der Waals surface area contributed by atoms with Gasteiger partial charge in [-0.3, -0.25) is 9.69 Å². The zero-order valence-corrected chi connectivity index (χ0v) is 12.6. The Kier molecular flexibility index (Phi) is 4.24. The summed E-state index contributed by atoms with van der Waals surface area (Å²) in [7, 11) is 0. The minimum Gasteiger partial charge on any atom is -0.481 e. The molecule has 3 rings (SSSR count). The van der Waals surface area contributed by atoms with E-state index in [1.165, 1.54) is 0 Å². The first kappa shape index (κ1) is 14.8. The van der Waals surface area contributed by atoms with Crippen molar-refractivity contribution in [1.82, 2.24) is 9.88 Å². The number of aromatic nitrogens is 1. The average molecular weight is 300 g/mol. The number of benzene rings is 1. The van der Waals surface area contributed by atoms with Gasteiger partial charge in [0.1, 0.15) is 0 Å². The number of nitrogens with zero attached hydrogens (tertiary/aromatic N) is 2. The third kappa shape index (κ3) is 3.04. The van der Waals surface area contributed by atoms with Gasteiger partial charge in [-0.15, -0.1) is 0 Å². The third-order valence-electron chi connectivity index (χ3n) is 4.29. The topological polar surface area (TPSA) is 66.6 Å². The number of carboxylic acids is 1. The van der Waals surface area contributed by atoms with Crippen molar-refractivity contribution in [2.24, 2.45) is 5.92 Å². The maximum Gasteiger partial charge on any atom is 0.307 e. The van der Waals surface area contributed by atoms with Crippen molar-refractivity contribution in [2.45, 2.75) is 25.8 Å². The fourth-order valence-electron chi connectivity index (χ4n) is 2.93. The predicted octanol–water partition coefficient (Wildman–Crippen LogP) is 3.20. The van der Waals surface area contributed by atoms with Crippen molar-refractivity contribution < 1.29 is 14.3 Å². The summed E-state index contributed by atoms with van der Waals surface area (Å²) in [6.07, 6.45) is 3.38. The van der Waals surface area contributed by atoms with Crippen LogP contribution in [0.4, 0.5) is 0 Å². The summed E-state index contributed by atoms with van der Waals surface area (Å²) < 4.78 is 5.88. The van der Waals surface area contributed by atoms with Crippen molar-refractivity contribution in [3.05, 3.63) is 42.4 Å². The van der Waals surface area contributed by atoms with Gasteiger partial charge in [0, 0.05) is 12.1 Å². The highest BCUT2D eigenvalue weighted by Crippen LogP contribution is 2.29. The van der Waals surface area contributed by atoms with Gasteiger partial charge in [0.25, 0.3) is 0 Å². The second-order valence-corrected chi connectivity index (χ2v) is 5.78. The molecule has 0 saturated carbocycles. The summed E-state index contributed by atoms with van der Waals surface area (Å²) in [4.78, 5) is 17.7. The molecule has 1 fully saturated rings. The fraction of sp³-hybridized carbons (Fsp3) is 0.412. The van der Waals surface area contributed by atoms with Crippen molar-refractivity contribution in [2.75, 3.05) is 13.1 Å². The predicted molar refractivity (Wildman–Crippen MR) is 82.3 cm³/mol. The van der Waals surface area contributed by atoms with Gasteiger partial charge in [0.05, 0.1) is 18.2 Å². The van der Waals surface area contributed by atoms with E-state index >= 15 is 0 Å². The van der Waals surface area contributed by atoms with Gasteiger partial charge in [-0.1, -0.05) is 30.3 Å². The SMILES string of the molecule is CC(c1ncc(-c2ccccc2)o1)N1CCCC(C(=O)O)C1. The van der Waals surface area contributed by atoms with Crippen LogP contribution in [0.15, 0.2) is 40.9 Å². The van der Waals surface area contributed by atoms with Crippen molar-refractivity contribution in [1.29, 1.82) is 0 Å². The summed E-state index contributed by atoms with van der Waals surface area (Å²) >= 11 is 0. The molecule has 0 amide bonds.